The molecule has 4 nitrogen and oxygen atoms in total. The zero-order valence-corrected chi connectivity index (χ0v) is 10.0. The number of hydrogen-bond donors (Lipinski definition) is 2. The fourth-order valence-electron chi connectivity index (χ4n) is 1.30. The van der Waals surface area contributed by atoms with E-state index in [2.05, 4.69) is 10.3 Å². The minimum atomic E-state index is -0.0981. The zero-order valence-electron chi connectivity index (χ0n) is 9.20. The van der Waals surface area contributed by atoms with Crippen molar-refractivity contribution in [3.8, 4) is 0 Å². The van der Waals surface area contributed by atoms with Crippen LogP contribution < -0.4 is 5.32 Å². The predicted octanol–water partition coefficient (Wildman–Crippen LogP) is 1.26. The first-order valence-electron chi connectivity index (χ1n) is 4.90. The number of aromatic nitrogens is 1. The number of rotatable bonds is 4. The van der Waals surface area contributed by atoms with E-state index >= 15 is 0 Å². The van der Waals surface area contributed by atoms with Crippen LogP contribution in [-0.4, -0.2) is 28.6 Å². The normalized spacial score (nSPS) is 12.5. The molecule has 1 atom stereocenters. The Morgan fingerprint density at radius 2 is 2.27 bits per heavy atom. The second kappa shape index (κ2) is 5.23. The smallest absolute Gasteiger partial charge is 0.263 e. The maximum absolute atomic E-state index is 11.7. The Morgan fingerprint density at radius 3 is 2.73 bits per heavy atom. The summed E-state index contributed by atoms with van der Waals surface area (Å²) in [4.78, 5) is 16.6. The molecule has 1 aromatic rings. The molecule has 15 heavy (non-hydrogen) atoms. The van der Waals surface area contributed by atoms with Crippen LogP contribution in [0.3, 0.4) is 0 Å². The average Bonchev–Trinajstić information content (AvgIpc) is 2.45. The van der Waals surface area contributed by atoms with Gasteiger partial charge >= 0.3 is 0 Å². The molecule has 1 aromatic heterocycles. The zero-order chi connectivity index (χ0) is 11.4. The number of hydrogen-bond acceptors (Lipinski definition) is 4. The van der Waals surface area contributed by atoms with Gasteiger partial charge in [0, 0.05) is 12.6 Å². The minimum Gasteiger partial charge on any atom is -0.396 e. The molecule has 0 spiro atoms. The van der Waals surface area contributed by atoms with Gasteiger partial charge in [0.25, 0.3) is 5.91 Å². The molecular formula is C10H16N2O2S. The minimum absolute atomic E-state index is 0.00990. The number of thiazole rings is 1. The number of carbonyl (C=O) groups excluding carboxylic acids is 1. The van der Waals surface area contributed by atoms with Crippen LogP contribution in [0.5, 0.6) is 0 Å². The standard InChI is InChI=1S/C10H16N2O2S/c1-6(4-5-13)11-10(14)9-7(2)12-8(3)15-9/h6,13H,4-5H2,1-3H3,(H,11,14)/t6-/m1/s1. The Morgan fingerprint density at radius 1 is 1.60 bits per heavy atom. The second-order valence-corrected chi connectivity index (χ2v) is 4.74. The third-order valence-electron chi connectivity index (χ3n) is 2.05. The lowest BCUT2D eigenvalue weighted by Crippen LogP contribution is -2.33. The number of aliphatic hydroxyl groups is 1. The second-order valence-electron chi connectivity index (χ2n) is 3.53. The maximum Gasteiger partial charge on any atom is 0.263 e. The number of nitrogens with zero attached hydrogens (tertiary/aromatic N) is 1. The number of carbonyl (C=O) groups is 1. The molecule has 2 N–H and O–H groups in total. The third-order valence-corrected chi connectivity index (χ3v) is 3.12. The highest BCUT2D eigenvalue weighted by Gasteiger charge is 2.15. The number of aliphatic hydroxyl groups excluding tert-OH is 1. The number of amides is 1. The van der Waals surface area contributed by atoms with Gasteiger partial charge in [-0.25, -0.2) is 4.98 Å². The van der Waals surface area contributed by atoms with Gasteiger partial charge < -0.3 is 10.4 Å². The molecule has 0 bridgehead atoms. The molecular weight excluding hydrogens is 212 g/mol. The molecule has 0 aliphatic carbocycles. The predicted molar refractivity (Wildman–Crippen MR) is 60.2 cm³/mol. The van der Waals surface area contributed by atoms with Crippen LogP contribution in [-0.2, 0) is 0 Å². The molecule has 1 amide bonds. The van der Waals surface area contributed by atoms with Crippen molar-refractivity contribution in [1.29, 1.82) is 0 Å². The van der Waals surface area contributed by atoms with Crippen LogP contribution in [0.15, 0.2) is 0 Å². The first-order valence-corrected chi connectivity index (χ1v) is 5.72. The molecule has 0 fully saturated rings. The summed E-state index contributed by atoms with van der Waals surface area (Å²) in [6, 6.07) is -0.00990. The summed E-state index contributed by atoms with van der Waals surface area (Å²) < 4.78 is 0. The average molecular weight is 228 g/mol. The van der Waals surface area contributed by atoms with Crippen molar-refractivity contribution < 1.29 is 9.90 Å². The fraction of sp³-hybridized carbons (Fsp3) is 0.600. The Bertz CT molecular complexity index is 349. The fourth-order valence-corrected chi connectivity index (χ4v) is 2.12. The monoisotopic (exact) mass is 228 g/mol. The van der Waals surface area contributed by atoms with Crippen molar-refractivity contribution >= 4 is 17.2 Å². The Balaban J connectivity index is 2.65. The van der Waals surface area contributed by atoms with Crippen LogP contribution in [0, 0.1) is 13.8 Å². The van der Waals surface area contributed by atoms with E-state index in [1.165, 1.54) is 11.3 Å². The van der Waals surface area contributed by atoms with E-state index in [0.29, 0.717) is 11.3 Å². The molecule has 0 saturated carbocycles. The van der Waals surface area contributed by atoms with Gasteiger partial charge in [-0.1, -0.05) is 0 Å². The summed E-state index contributed by atoms with van der Waals surface area (Å²) in [5, 5.41) is 12.4. The molecule has 0 unspecified atom stereocenters. The van der Waals surface area contributed by atoms with Crippen molar-refractivity contribution in [3.63, 3.8) is 0 Å². The van der Waals surface area contributed by atoms with Crippen molar-refractivity contribution in [2.24, 2.45) is 0 Å². The van der Waals surface area contributed by atoms with E-state index in [0.717, 1.165) is 10.7 Å². The van der Waals surface area contributed by atoms with Gasteiger partial charge in [0.15, 0.2) is 0 Å². The molecule has 0 aliphatic rings. The Labute approximate surface area is 93.4 Å². The SMILES string of the molecule is Cc1nc(C)c(C(=O)N[C@H](C)CCO)s1. The lowest BCUT2D eigenvalue weighted by molar-refractivity contribution is 0.0937. The van der Waals surface area contributed by atoms with E-state index in [9.17, 15) is 4.79 Å². The summed E-state index contributed by atoms with van der Waals surface area (Å²) in [5.74, 6) is -0.0981. The van der Waals surface area contributed by atoms with Crippen LogP contribution >= 0.6 is 11.3 Å². The molecule has 1 heterocycles. The highest BCUT2D eigenvalue weighted by atomic mass is 32.1. The van der Waals surface area contributed by atoms with Crippen LogP contribution in [0.4, 0.5) is 0 Å². The lowest BCUT2D eigenvalue weighted by Gasteiger charge is -2.11. The first kappa shape index (κ1) is 12.1. The molecule has 0 aliphatic heterocycles. The largest absolute Gasteiger partial charge is 0.396 e. The highest BCUT2D eigenvalue weighted by Crippen LogP contribution is 2.16. The van der Waals surface area contributed by atoms with Crippen molar-refractivity contribution in [2.45, 2.75) is 33.2 Å². The summed E-state index contributed by atoms with van der Waals surface area (Å²) in [5.41, 5.74) is 0.770. The van der Waals surface area contributed by atoms with Crippen LogP contribution in [0.25, 0.3) is 0 Å². The molecule has 1 rings (SSSR count). The molecule has 0 radical (unpaired) electrons. The van der Waals surface area contributed by atoms with Gasteiger partial charge in [0.05, 0.1) is 10.7 Å². The summed E-state index contributed by atoms with van der Waals surface area (Å²) in [7, 11) is 0. The quantitative estimate of drug-likeness (QED) is 0.815. The number of nitrogens with one attached hydrogen (secondary N) is 1. The molecule has 0 aromatic carbocycles. The van der Waals surface area contributed by atoms with E-state index < -0.39 is 0 Å². The van der Waals surface area contributed by atoms with Crippen molar-refractivity contribution in [2.75, 3.05) is 6.61 Å². The van der Waals surface area contributed by atoms with Crippen molar-refractivity contribution in [3.05, 3.63) is 15.6 Å². The maximum atomic E-state index is 11.7. The van der Waals surface area contributed by atoms with Crippen LogP contribution in [0.2, 0.25) is 0 Å². The van der Waals surface area contributed by atoms with Crippen molar-refractivity contribution in [1.82, 2.24) is 10.3 Å². The molecule has 5 heteroatoms. The Kier molecular flexibility index (Phi) is 4.23. The van der Waals surface area contributed by atoms with Gasteiger partial charge in [-0.2, -0.15) is 0 Å². The lowest BCUT2D eigenvalue weighted by atomic mass is 10.2. The van der Waals surface area contributed by atoms with Gasteiger partial charge in [0.1, 0.15) is 4.88 Å². The summed E-state index contributed by atoms with van der Waals surface area (Å²) in [6.07, 6.45) is 0.572. The number of aryl methyl sites for hydroxylation is 2. The van der Waals surface area contributed by atoms with Crippen LogP contribution in [0.1, 0.15) is 33.7 Å². The summed E-state index contributed by atoms with van der Waals surface area (Å²) in [6.45, 7) is 5.67. The van der Waals surface area contributed by atoms with Gasteiger partial charge in [-0.15, -0.1) is 11.3 Å². The summed E-state index contributed by atoms with van der Waals surface area (Å²) >= 11 is 1.40. The van der Waals surface area contributed by atoms with Gasteiger partial charge in [-0.3, -0.25) is 4.79 Å². The van der Waals surface area contributed by atoms with E-state index in [1.807, 2.05) is 20.8 Å². The van der Waals surface area contributed by atoms with E-state index in [-0.39, 0.29) is 18.6 Å². The van der Waals surface area contributed by atoms with Gasteiger partial charge in [-0.05, 0) is 27.2 Å². The third kappa shape index (κ3) is 3.28. The Hall–Kier alpha value is -0.940. The first-order chi connectivity index (χ1) is 7.04. The van der Waals surface area contributed by atoms with Gasteiger partial charge in [0.2, 0.25) is 0 Å². The highest BCUT2D eigenvalue weighted by molar-refractivity contribution is 7.13. The van der Waals surface area contributed by atoms with E-state index in [4.69, 9.17) is 5.11 Å². The molecule has 84 valence electrons. The molecule has 0 saturated heterocycles. The topological polar surface area (TPSA) is 62.2 Å². The van der Waals surface area contributed by atoms with E-state index in [1.54, 1.807) is 0 Å².